The number of halogens is 1. The molecule has 138 valence electrons. The molecule has 0 heterocycles. The van der Waals surface area contributed by atoms with Gasteiger partial charge in [-0.05, 0) is 55.5 Å². The van der Waals surface area contributed by atoms with Crippen LogP contribution in [0.25, 0.3) is 0 Å². The van der Waals surface area contributed by atoms with Crippen molar-refractivity contribution < 1.29 is 19.1 Å². The monoisotopic (exact) mass is 376 g/mol. The molecule has 2 aromatic rings. The molecule has 0 bridgehead atoms. The molecule has 0 spiro atoms. The van der Waals surface area contributed by atoms with Gasteiger partial charge >= 0.3 is 0 Å². The van der Waals surface area contributed by atoms with Gasteiger partial charge in [-0.25, -0.2) is 0 Å². The predicted octanol–water partition coefficient (Wildman–Crippen LogP) is 3.21. The lowest BCUT2D eigenvalue weighted by molar-refractivity contribution is -0.139. The zero-order valence-corrected chi connectivity index (χ0v) is 15.6. The van der Waals surface area contributed by atoms with E-state index in [1.165, 1.54) is 4.90 Å². The van der Waals surface area contributed by atoms with Crippen molar-refractivity contribution >= 4 is 29.1 Å². The molecule has 0 aliphatic rings. The number of nitrogens with one attached hydrogen (secondary N) is 1. The van der Waals surface area contributed by atoms with E-state index in [0.717, 1.165) is 0 Å². The number of ether oxygens (including phenoxy) is 2. The van der Waals surface area contributed by atoms with Gasteiger partial charge in [0.25, 0.3) is 5.91 Å². The molecule has 0 aromatic heterocycles. The minimum atomic E-state index is -0.727. The third-order valence-corrected chi connectivity index (χ3v) is 3.86. The molecule has 0 aliphatic heterocycles. The van der Waals surface area contributed by atoms with Gasteiger partial charge in [-0.1, -0.05) is 11.6 Å². The summed E-state index contributed by atoms with van der Waals surface area (Å²) in [6, 6.07) is 13.7. The Balaban J connectivity index is 1.86. The Morgan fingerprint density at radius 2 is 1.65 bits per heavy atom. The number of rotatable bonds is 7. The predicted molar refractivity (Wildman–Crippen MR) is 101 cm³/mol. The highest BCUT2D eigenvalue weighted by atomic mass is 35.5. The summed E-state index contributed by atoms with van der Waals surface area (Å²) in [4.78, 5) is 25.8. The van der Waals surface area contributed by atoms with Crippen molar-refractivity contribution in [2.24, 2.45) is 0 Å². The molecule has 0 fully saturated rings. The summed E-state index contributed by atoms with van der Waals surface area (Å²) < 4.78 is 10.6. The van der Waals surface area contributed by atoms with Gasteiger partial charge in [-0.3, -0.25) is 9.59 Å². The molecule has 1 N–H and O–H groups in total. The van der Waals surface area contributed by atoms with E-state index in [1.807, 2.05) is 0 Å². The van der Waals surface area contributed by atoms with E-state index in [0.29, 0.717) is 22.2 Å². The molecule has 0 aliphatic carbocycles. The maximum Gasteiger partial charge on any atom is 0.263 e. The summed E-state index contributed by atoms with van der Waals surface area (Å²) in [7, 11) is 3.12. The lowest BCUT2D eigenvalue weighted by Gasteiger charge is -2.21. The van der Waals surface area contributed by atoms with Crippen molar-refractivity contribution in [1.29, 1.82) is 0 Å². The number of anilines is 1. The molecule has 2 aromatic carbocycles. The number of hydrogen-bond acceptors (Lipinski definition) is 4. The molecule has 0 unspecified atom stereocenters. The van der Waals surface area contributed by atoms with Gasteiger partial charge in [-0.2, -0.15) is 0 Å². The van der Waals surface area contributed by atoms with Crippen LogP contribution in [0, 0.1) is 0 Å². The maximum absolute atomic E-state index is 12.4. The second-order valence-electron chi connectivity index (χ2n) is 5.68. The molecule has 26 heavy (non-hydrogen) atoms. The standard InChI is InChI=1S/C19H21ClN2O4/c1-13(26-17-8-4-14(20)5-9-17)19(24)22(2)12-18(23)21-15-6-10-16(25-3)11-7-15/h4-11,13H,12H2,1-3H3,(H,21,23)/t13-/m0/s1. The van der Waals surface area contributed by atoms with Crippen molar-refractivity contribution in [3.8, 4) is 11.5 Å². The second-order valence-corrected chi connectivity index (χ2v) is 6.12. The number of hydrogen-bond donors (Lipinski definition) is 1. The highest BCUT2D eigenvalue weighted by molar-refractivity contribution is 6.30. The van der Waals surface area contributed by atoms with E-state index >= 15 is 0 Å². The molecule has 0 saturated heterocycles. The molecule has 7 heteroatoms. The number of methoxy groups -OCH3 is 1. The van der Waals surface area contributed by atoms with Crippen LogP contribution < -0.4 is 14.8 Å². The van der Waals surface area contributed by atoms with E-state index in [1.54, 1.807) is 69.6 Å². The van der Waals surface area contributed by atoms with Crippen molar-refractivity contribution in [3.63, 3.8) is 0 Å². The van der Waals surface area contributed by atoms with Gasteiger partial charge in [0.1, 0.15) is 11.5 Å². The summed E-state index contributed by atoms with van der Waals surface area (Å²) >= 11 is 5.82. The number of likely N-dealkylation sites (N-methyl/N-ethyl adjacent to an activating group) is 1. The van der Waals surface area contributed by atoms with Gasteiger partial charge < -0.3 is 19.7 Å². The van der Waals surface area contributed by atoms with Crippen molar-refractivity contribution in [2.45, 2.75) is 13.0 Å². The third-order valence-electron chi connectivity index (χ3n) is 3.61. The fourth-order valence-electron chi connectivity index (χ4n) is 2.25. The first-order valence-electron chi connectivity index (χ1n) is 8.00. The quantitative estimate of drug-likeness (QED) is 0.805. The van der Waals surface area contributed by atoms with Crippen LogP contribution in [0.4, 0.5) is 5.69 Å². The largest absolute Gasteiger partial charge is 0.497 e. The number of carbonyl (C=O) groups is 2. The van der Waals surface area contributed by atoms with Gasteiger partial charge in [0.15, 0.2) is 6.10 Å². The van der Waals surface area contributed by atoms with Crippen LogP contribution in [-0.4, -0.2) is 43.5 Å². The third kappa shape index (κ3) is 5.67. The SMILES string of the molecule is COc1ccc(NC(=O)CN(C)C(=O)[C@H](C)Oc2ccc(Cl)cc2)cc1. The van der Waals surface area contributed by atoms with Crippen LogP contribution in [0.1, 0.15) is 6.92 Å². The van der Waals surface area contributed by atoms with Crippen molar-refractivity contribution in [1.82, 2.24) is 4.90 Å². The molecule has 0 saturated carbocycles. The van der Waals surface area contributed by atoms with Crippen LogP contribution in [0.2, 0.25) is 5.02 Å². The fraction of sp³-hybridized carbons (Fsp3) is 0.263. The molecular weight excluding hydrogens is 356 g/mol. The Hall–Kier alpha value is -2.73. The first-order chi connectivity index (χ1) is 12.4. The zero-order valence-electron chi connectivity index (χ0n) is 14.9. The van der Waals surface area contributed by atoms with Crippen LogP contribution >= 0.6 is 11.6 Å². The zero-order chi connectivity index (χ0) is 19.1. The lowest BCUT2D eigenvalue weighted by atomic mass is 10.3. The summed E-state index contributed by atoms with van der Waals surface area (Å²) in [6.07, 6.45) is -0.727. The van der Waals surface area contributed by atoms with E-state index in [-0.39, 0.29) is 18.4 Å². The van der Waals surface area contributed by atoms with E-state index < -0.39 is 6.10 Å². The number of benzene rings is 2. The minimum Gasteiger partial charge on any atom is -0.497 e. The summed E-state index contributed by atoms with van der Waals surface area (Å²) in [5, 5.41) is 3.32. The molecule has 6 nitrogen and oxygen atoms in total. The minimum absolute atomic E-state index is 0.0841. The molecule has 0 radical (unpaired) electrons. The Labute approximate surface area is 157 Å². The summed E-state index contributed by atoms with van der Waals surface area (Å²) in [5.74, 6) is 0.629. The average molecular weight is 377 g/mol. The smallest absolute Gasteiger partial charge is 0.263 e. The van der Waals surface area contributed by atoms with Crippen LogP contribution in [0.15, 0.2) is 48.5 Å². The van der Waals surface area contributed by atoms with Gasteiger partial charge in [0.2, 0.25) is 5.91 Å². The van der Waals surface area contributed by atoms with Gasteiger partial charge in [0.05, 0.1) is 13.7 Å². The second kappa shape index (κ2) is 9.10. The highest BCUT2D eigenvalue weighted by Gasteiger charge is 2.21. The van der Waals surface area contributed by atoms with Crippen molar-refractivity contribution in [3.05, 3.63) is 53.6 Å². The first kappa shape index (κ1) is 19.6. The first-order valence-corrected chi connectivity index (χ1v) is 8.38. The van der Waals surface area contributed by atoms with E-state index in [4.69, 9.17) is 21.1 Å². The highest BCUT2D eigenvalue weighted by Crippen LogP contribution is 2.17. The van der Waals surface area contributed by atoms with Gasteiger partial charge in [0, 0.05) is 17.8 Å². The van der Waals surface area contributed by atoms with Crippen molar-refractivity contribution in [2.75, 3.05) is 26.0 Å². The van der Waals surface area contributed by atoms with Gasteiger partial charge in [-0.15, -0.1) is 0 Å². The molecule has 2 rings (SSSR count). The van der Waals surface area contributed by atoms with Crippen LogP contribution in [0.5, 0.6) is 11.5 Å². The molecular formula is C19H21ClN2O4. The number of amides is 2. The molecule has 2 amide bonds. The Morgan fingerprint density at radius 1 is 1.08 bits per heavy atom. The maximum atomic E-state index is 12.4. The Bertz CT molecular complexity index is 747. The number of nitrogens with zero attached hydrogens (tertiary/aromatic N) is 1. The normalized spacial score (nSPS) is 11.4. The Kier molecular flexibility index (Phi) is 6.86. The summed E-state index contributed by atoms with van der Waals surface area (Å²) in [5.41, 5.74) is 0.627. The van der Waals surface area contributed by atoms with E-state index in [9.17, 15) is 9.59 Å². The Morgan fingerprint density at radius 3 is 2.23 bits per heavy atom. The average Bonchev–Trinajstić information content (AvgIpc) is 2.63. The number of carbonyl (C=O) groups excluding carboxylic acids is 2. The summed E-state index contributed by atoms with van der Waals surface area (Å²) in [6.45, 7) is 1.55. The van der Waals surface area contributed by atoms with E-state index in [2.05, 4.69) is 5.32 Å². The fourth-order valence-corrected chi connectivity index (χ4v) is 2.37. The van der Waals surface area contributed by atoms with Crippen LogP contribution in [-0.2, 0) is 9.59 Å². The lowest BCUT2D eigenvalue weighted by Crippen LogP contribution is -2.41. The van der Waals surface area contributed by atoms with Crippen LogP contribution in [0.3, 0.4) is 0 Å². The topological polar surface area (TPSA) is 67.9 Å². The molecule has 1 atom stereocenters.